The zero-order valence-corrected chi connectivity index (χ0v) is 20.2. The Hall–Kier alpha value is -4.17. The van der Waals surface area contributed by atoms with E-state index in [0.29, 0.717) is 38.5 Å². The van der Waals surface area contributed by atoms with Gasteiger partial charge in [-0.3, -0.25) is 10.1 Å². The van der Waals surface area contributed by atoms with Crippen molar-refractivity contribution >= 4 is 29.4 Å². The topological polar surface area (TPSA) is 102 Å². The molecule has 0 aliphatic carbocycles. The first kappa shape index (κ1) is 24.9. The number of nitrogens with zero attached hydrogens (tertiary/aromatic N) is 1. The van der Waals surface area contributed by atoms with E-state index >= 15 is 4.39 Å². The number of carbonyl (C=O) groups excluding carboxylic acids is 1. The molecular weight excluding hydrogens is 487 g/mol. The lowest BCUT2D eigenvalue weighted by Crippen LogP contribution is -2.17. The van der Waals surface area contributed by atoms with E-state index in [4.69, 9.17) is 26.0 Å². The van der Waals surface area contributed by atoms with Crippen LogP contribution in [0.4, 0.5) is 14.9 Å². The minimum atomic E-state index is -0.938. The van der Waals surface area contributed by atoms with Crippen molar-refractivity contribution in [2.24, 2.45) is 0 Å². The van der Waals surface area contributed by atoms with Gasteiger partial charge in [-0.05, 0) is 37.1 Å². The molecule has 7 nitrogen and oxygen atoms in total. The van der Waals surface area contributed by atoms with Crippen molar-refractivity contribution in [3.63, 3.8) is 0 Å². The molecule has 0 saturated carbocycles. The molecule has 2 N–H and O–H groups in total. The molecule has 0 saturated heterocycles. The Morgan fingerprint density at radius 1 is 1.11 bits per heavy atom. The summed E-state index contributed by atoms with van der Waals surface area (Å²) in [6.45, 7) is 3.34. The molecular formula is C27H22ClFN2O5. The van der Waals surface area contributed by atoms with Crippen LogP contribution in [0.2, 0.25) is 5.02 Å². The number of carboxylic acids is 1. The van der Waals surface area contributed by atoms with Crippen LogP contribution in [0.15, 0.2) is 71.3 Å². The summed E-state index contributed by atoms with van der Waals surface area (Å²) in [6.07, 6.45) is -1.46. The summed E-state index contributed by atoms with van der Waals surface area (Å²) in [5.74, 6) is -1.28. The fourth-order valence-electron chi connectivity index (χ4n) is 3.74. The molecule has 0 fully saturated rings. The molecule has 1 unspecified atom stereocenters. The first-order valence-corrected chi connectivity index (χ1v) is 11.4. The van der Waals surface area contributed by atoms with Crippen LogP contribution in [0.3, 0.4) is 0 Å². The third-order valence-electron chi connectivity index (χ3n) is 5.57. The monoisotopic (exact) mass is 508 g/mol. The van der Waals surface area contributed by atoms with Crippen LogP contribution in [-0.4, -0.2) is 22.3 Å². The third kappa shape index (κ3) is 5.55. The molecule has 36 heavy (non-hydrogen) atoms. The lowest BCUT2D eigenvalue weighted by Gasteiger charge is -2.15. The van der Waals surface area contributed by atoms with E-state index in [1.807, 2.05) is 0 Å². The summed E-state index contributed by atoms with van der Waals surface area (Å²) in [6, 6.07) is 18.2. The predicted molar refractivity (Wildman–Crippen MR) is 133 cm³/mol. The normalized spacial score (nSPS) is 11.7. The highest BCUT2D eigenvalue weighted by Crippen LogP contribution is 2.34. The molecule has 3 aromatic carbocycles. The highest BCUT2D eigenvalue weighted by molar-refractivity contribution is 6.31. The summed E-state index contributed by atoms with van der Waals surface area (Å²) >= 11 is 6.18. The predicted octanol–water partition coefficient (Wildman–Crippen LogP) is 7.05. The van der Waals surface area contributed by atoms with Crippen LogP contribution in [0.5, 0.6) is 0 Å². The van der Waals surface area contributed by atoms with Gasteiger partial charge < -0.3 is 14.4 Å². The first-order valence-electron chi connectivity index (χ1n) is 11.0. The average molecular weight is 509 g/mol. The number of hydrogen-bond acceptors (Lipinski definition) is 5. The van der Waals surface area contributed by atoms with Crippen molar-refractivity contribution in [3.05, 3.63) is 94.4 Å². The minimum Gasteiger partial charge on any atom is -0.481 e. The number of benzene rings is 3. The Morgan fingerprint density at radius 3 is 2.47 bits per heavy atom. The van der Waals surface area contributed by atoms with Crippen LogP contribution in [0.25, 0.3) is 22.5 Å². The number of amides is 1. The summed E-state index contributed by atoms with van der Waals surface area (Å²) < 4.78 is 25.9. The number of rotatable bonds is 7. The molecule has 1 heterocycles. The summed E-state index contributed by atoms with van der Waals surface area (Å²) in [5, 5.41) is 15.9. The molecule has 184 valence electrons. The van der Waals surface area contributed by atoms with E-state index in [1.54, 1.807) is 74.5 Å². The Balaban J connectivity index is 1.53. The molecule has 0 bridgehead atoms. The zero-order chi connectivity index (χ0) is 25.8. The molecule has 0 radical (unpaired) electrons. The van der Waals surface area contributed by atoms with Crippen LogP contribution in [-0.2, 0) is 16.0 Å². The number of nitrogens with one attached hydrogen (secondary N) is 1. The Morgan fingerprint density at radius 2 is 1.81 bits per heavy atom. The number of carboxylic acid groups (broad SMARTS) is 1. The van der Waals surface area contributed by atoms with Gasteiger partial charge in [0.1, 0.15) is 23.3 Å². The van der Waals surface area contributed by atoms with Gasteiger partial charge in [0, 0.05) is 21.7 Å². The van der Waals surface area contributed by atoms with Gasteiger partial charge in [-0.15, -0.1) is 0 Å². The van der Waals surface area contributed by atoms with E-state index in [-0.39, 0.29) is 17.9 Å². The van der Waals surface area contributed by atoms with E-state index in [9.17, 15) is 9.59 Å². The Kier molecular flexibility index (Phi) is 7.36. The van der Waals surface area contributed by atoms with Crippen molar-refractivity contribution in [2.45, 2.75) is 26.4 Å². The minimum absolute atomic E-state index is 0.109. The molecule has 0 spiro atoms. The highest BCUT2D eigenvalue weighted by atomic mass is 35.5. The van der Waals surface area contributed by atoms with Crippen LogP contribution < -0.4 is 5.32 Å². The maximum atomic E-state index is 15.0. The average Bonchev–Trinajstić information content (AvgIpc) is 3.19. The fraction of sp³-hybridized carbons (Fsp3) is 0.148. The van der Waals surface area contributed by atoms with E-state index in [2.05, 4.69) is 10.5 Å². The number of aliphatic carboxylic acids is 1. The second-order valence-electron chi connectivity index (χ2n) is 8.13. The zero-order valence-electron chi connectivity index (χ0n) is 19.4. The summed E-state index contributed by atoms with van der Waals surface area (Å²) in [5.41, 5.74) is 3.23. The molecule has 0 aliphatic heterocycles. The molecule has 4 rings (SSSR count). The van der Waals surface area contributed by atoms with Gasteiger partial charge in [-0.1, -0.05) is 71.4 Å². The maximum Gasteiger partial charge on any atom is 0.412 e. The number of hydrogen-bond donors (Lipinski definition) is 2. The molecule has 1 amide bonds. The van der Waals surface area contributed by atoms with Gasteiger partial charge >= 0.3 is 12.1 Å². The molecule has 4 aromatic rings. The fourth-order valence-corrected chi connectivity index (χ4v) is 4.03. The lowest BCUT2D eigenvalue weighted by molar-refractivity contribution is -0.136. The van der Waals surface area contributed by atoms with Crippen LogP contribution >= 0.6 is 11.6 Å². The number of ether oxygens (including phenoxy) is 1. The SMILES string of the molecule is Cc1noc(-c2ccc(-c3ccc(CC(=O)O)cc3)c(F)c2)c1NC(=O)OC(C)c1ccccc1Cl. The number of halogens is 2. The second-order valence-corrected chi connectivity index (χ2v) is 8.54. The Labute approximate surface area is 211 Å². The first-order chi connectivity index (χ1) is 17.2. The largest absolute Gasteiger partial charge is 0.481 e. The molecule has 0 aliphatic rings. The van der Waals surface area contributed by atoms with Gasteiger partial charge in [0.15, 0.2) is 5.76 Å². The highest BCUT2D eigenvalue weighted by Gasteiger charge is 2.21. The van der Waals surface area contributed by atoms with Crippen molar-refractivity contribution in [3.8, 4) is 22.5 Å². The maximum absolute atomic E-state index is 15.0. The van der Waals surface area contributed by atoms with Crippen molar-refractivity contribution < 1.29 is 28.3 Å². The summed E-state index contributed by atoms with van der Waals surface area (Å²) in [4.78, 5) is 23.4. The van der Waals surface area contributed by atoms with Crippen LogP contribution in [0.1, 0.15) is 29.8 Å². The van der Waals surface area contributed by atoms with Crippen molar-refractivity contribution in [1.82, 2.24) is 5.16 Å². The smallest absolute Gasteiger partial charge is 0.412 e. The van der Waals surface area contributed by atoms with Gasteiger partial charge in [0.25, 0.3) is 0 Å². The lowest BCUT2D eigenvalue weighted by atomic mass is 10.00. The number of carbonyl (C=O) groups is 2. The molecule has 1 aromatic heterocycles. The number of anilines is 1. The molecule has 1 atom stereocenters. The van der Waals surface area contributed by atoms with E-state index in [0.717, 1.165) is 0 Å². The Bertz CT molecular complexity index is 1420. The van der Waals surface area contributed by atoms with Gasteiger partial charge in [0.05, 0.1) is 6.42 Å². The van der Waals surface area contributed by atoms with E-state index < -0.39 is 24.0 Å². The second kappa shape index (κ2) is 10.6. The third-order valence-corrected chi connectivity index (χ3v) is 5.91. The number of aromatic nitrogens is 1. The van der Waals surface area contributed by atoms with Crippen molar-refractivity contribution in [2.75, 3.05) is 5.32 Å². The summed E-state index contributed by atoms with van der Waals surface area (Å²) in [7, 11) is 0. The van der Waals surface area contributed by atoms with Gasteiger partial charge in [0.2, 0.25) is 0 Å². The van der Waals surface area contributed by atoms with Crippen molar-refractivity contribution in [1.29, 1.82) is 0 Å². The van der Waals surface area contributed by atoms with Gasteiger partial charge in [-0.25, -0.2) is 9.18 Å². The standard InChI is InChI=1S/C27H22ClFN2O5/c1-15-25(30-27(34)35-16(2)20-5-3-4-6-22(20)28)26(36-31-15)19-11-12-21(23(29)14-19)18-9-7-17(8-10-18)13-24(32)33/h3-12,14,16H,13H2,1-2H3,(H,30,34)(H,32,33). The number of aryl methyl sites for hydroxylation is 1. The molecule has 9 heteroatoms. The quantitative estimate of drug-likeness (QED) is 0.277. The van der Waals surface area contributed by atoms with E-state index in [1.165, 1.54) is 6.07 Å². The van der Waals surface area contributed by atoms with Gasteiger partial charge in [-0.2, -0.15) is 0 Å². The van der Waals surface area contributed by atoms with Crippen LogP contribution in [0, 0.1) is 12.7 Å².